The van der Waals surface area contributed by atoms with Crippen LogP contribution in [0.4, 0.5) is 0 Å². The Morgan fingerprint density at radius 1 is 1.04 bits per heavy atom. The second kappa shape index (κ2) is 10.1. The number of hydrogen-bond donors (Lipinski definition) is 2. The van der Waals surface area contributed by atoms with Crippen molar-refractivity contribution in [3.8, 4) is 0 Å². The van der Waals surface area contributed by atoms with E-state index >= 15 is 0 Å². The lowest BCUT2D eigenvalue weighted by atomic mass is 10.0. The van der Waals surface area contributed by atoms with Gasteiger partial charge < -0.3 is 15.5 Å². The first-order valence-corrected chi connectivity index (χ1v) is 9.04. The Kier molecular flexibility index (Phi) is 7.82. The number of nitrogens with zero attached hydrogens (tertiary/aromatic N) is 1. The summed E-state index contributed by atoms with van der Waals surface area (Å²) in [6.07, 6.45) is 0.265. The molecule has 3 rings (SSSR count). The molecule has 0 radical (unpaired) electrons. The lowest BCUT2D eigenvalue weighted by Gasteiger charge is -2.29. The van der Waals surface area contributed by atoms with Crippen molar-refractivity contribution in [2.45, 2.75) is 19.4 Å². The van der Waals surface area contributed by atoms with E-state index in [0.29, 0.717) is 18.7 Å². The van der Waals surface area contributed by atoms with E-state index in [9.17, 15) is 9.59 Å². The van der Waals surface area contributed by atoms with Gasteiger partial charge >= 0.3 is 0 Å². The van der Waals surface area contributed by atoms with Gasteiger partial charge in [-0.3, -0.25) is 9.59 Å². The second-order valence-corrected chi connectivity index (χ2v) is 6.64. The molecule has 1 saturated heterocycles. The fraction of sp³-hybridized carbons (Fsp3) is 0.333. The predicted octanol–water partition coefficient (Wildman–Crippen LogP) is 2.71. The fourth-order valence-corrected chi connectivity index (χ4v) is 3.10. The van der Waals surface area contributed by atoms with Crippen molar-refractivity contribution in [3.63, 3.8) is 0 Å². The summed E-state index contributed by atoms with van der Waals surface area (Å²) in [5.41, 5.74) is 2.65. The van der Waals surface area contributed by atoms with Crippen LogP contribution in [-0.4, -0.2) is 42.9 Å². The third kappa shape index (κ3) is 5.81. The number of carbonyl (C=O) groups excluding carboxylic acids is 2. The van der Waals surface area contributed by atoms with Gasteiger partial charge in [0.25, 0.3) is 5.91 Å². The van der Waals surface area contributed by atoms with Crippen molar-refractivity contribution < 1.29 is 9.59 Å². The van der Waals surface area contributed by atoms with Crippen molar-refractivity contribution >= 4 is 24.2 Å². The molecule has 2 amide bonds. The van der Waals surface area contributed by atoms with Gasteiger partial charge in [0.1, 0.15) is 0 Å². The number of nitrogens with one attached hydrogen (secondary N) is 2. The molecular formula is C21H26ClN3O2. The summed E-state index contributed by atoms with van der Waals surface area (Å²) in [4.78, 5) is 27.2. The Morgan fingerprint density at radius 3 is 2.30 bits per heavy atom. The van der Waals surface area contributed by atoms with E-state index in [4.69, 9.17) is 0 Å². The van der Waals surface area contributed by atoms with Crippen LogP contribution in [0.1, 0.15) is 33.9 Å². The SMILES string of the molecule is Cc1ccc(C(=O)NC(CC(=O)N2CCNCC2)c2ccccc2)cc1.Cl. The van der Waals surface area contributed by atoms with Gasteiger partial charge in [0.05, 0.1) is 12.5 Å². The van der Waals surface area contributed by atoms with Crippen molar-refractivity contribution in [1.82, 2.24) is 15.5 Å². The van der Waals surface area contributed by atoms with Crippen LogP contribution in [0.2, 0.25) is 0 Å². The van der Waals surface area contributed by atoms with Crippen molar-refractivity contribution in [2.75, 3.05) is 26.2 Å². The standard InChI is InChI=1S/C21H25N3O2.ClH/c1-16-7-9-18(10-8-16)21(26)23-19(17-5-3-2-4-6-17)15-20(25)24-13-11-22-12-14-24;/h2-10,19,22H,11-15H2,1H3,(H,23,26);1H. The third-order valence-corrected chi connectivity index (χ3v) is 4.67. The Bertz CT molecular complexity index is 744. The molecule has 1 heterocycles. The average Bonchev–Trinajstić information content (AvgIpc) is 2.69. The van der Waals surface area contributed by atoms with Crippen molar-refractivity contribution in [2.24, 2.45) is 0 Å². The first-order chi connectivity index (χ1) is 12.6. The summed E-state index contributed by atoms with van der Waals surface area (Å²) in [7, 11) is 0. The Hall–Kier alpha value is -2.37. The molecule has 5 nitrogen and oxygen atoms in total. The van der Waals surface area contributed by atoms with Gasteiger partial charge in [-0.15, -0.1) is 12.4 Å². The van der Waals surface area contributed by atoms with Gasteiger partial charge in [-0.25, -0.2) is 0 Å². The van der Waals surface area contributed by atoms with Gasteiger partial charge in [0.15, 0.2) is 0 Å². The summed E-state index contributed by atoms with van der Waals surface area (Å²) >= 11 is 0. The number of carbonyl (C=O) groups is 2. The van der Waals surface area contributed by atoms with E-state index in [1.807, 2.05) is 66.4 Å². The number of halogens is 1. The number of benzene rings is 2. The van der Waals surface area contributed by atoms with E-state index in [2.05, 4.69) is 10.6 Å². The minimum atomic E-state index is -0.340. The highest BCUT2D eigenvalue weighted by molar-refractivity contribution is 5.94. The van der Waals surface area contributed by atoms with Gasteiger partial charge in [0.2, 0.25) is 5.91 Å². The molecule has 0 saturated carbocycles. The zero-order valence-electron chi connectivity index (χ0n) is 15.5. The van der Waals surface area contributed by atoms with E-state index in [1.165, 1.54) is 0 Å². The molecule has 2 aromatic rings. The maximum Gasteiger partial charge on any atom is 0.251 e. The van der Waals surface area contributed by atoms with E-state index in [-0.39, 0.29) is 36.7 Å². The maximum absolute atomic E-state index is 12.7. The minimum Gasteiger partial charge on any atom is -0.345 e. The molecule has 27 heavy (non-hydrogen) atoms. The van der Waals surface area contributed by atoms with E-state index in [1.54, 1.807) is 0 Å². The minimum absolute atomic E-state index is 0. The van der Waals surface area contributed by atoms with Crippen LogP contribution in [0.5, 0.6) is 0 Å². The Labute approximate surface area is 166 Å². The normalized spacial score (nSPS) is 14.8. The highest BCUT2D eigenvalue weighted by Gasteiger charge is 2.23. The lowest BCUT2D eigenvalue weighted by Crippen LogP contribution is -2.47. The number of aryl methyl sites for hydroxylation is 1. The largest absolute Gasteiger partial charge is 0.345 e. The van der Waals surface area contributed by atoms with Gasteiger partial charge in [-0.2, -0.15) is 0 Å². The molecule has 1 atom stereocenters. The molecule has 2 aromatic carbocycles. The monoisotopic (exact) mass is 387 g/mol. The molecule has 1 aliphatic rings. The number of piperazine rings is 1. The average molecular weight is 388 g/mol. The smallest absolute Gasteiger partial charge is 0.251 e. The highest BCUT2D eigenvalue weighted by atomic mass is 35.5. The molecule has 0 spiro atoms. The van der Waals surface area contributed by atoms with Crippen LogP contribution in [-0.2, 0) is 4.79 Å². The number of amides is 2. The van der Waals surface area contributed by atoms with E-state index in [0.717, 1.165) is 24.2 Å². The molecule has 2 N–H and O–H groups in total. The quantitative estimate of drug-likeness (QED) is 0.829. The number of hydrogen-bond acceptors (Lipinski definition) is 3. The topological polar surface area (TPSA) is 61.4 Å². The molecule has 144 valence electrons. The maximum atomic E-state index is 12.7. The van der Waals surface area contributed by atoms with E-state index < -0.39 is 0 Å². The van der Waals surface area contributed by atoms with Crippen LogP contribution in [0, 0.1) is 6.92 Å². The zero-order valence-corrected chi connectivity index (χ0v) is 16.3. The summed E-state index contributed by atoms with van der Waals surface area (Å²) in [5.74, 6) is -0.0866. The molecule has 0 bridgehead atoms. The molecule has 1 aliphatic heterocycles. The van der Waals surface area contributed by atoms with Crippen molar-refractivity contribution in [3.05, 3.63) is 71.3 Å². The van der Waals surface area contributed by atoms with Crippen LogP contribution < -0.4 is 10.6 Å². The highest BCUT2D eigenvalue weighted by Crippen LogP contribution is 2.19. The molecular weight excluding hydrogens is 362 g/mol. The third-order valence-electron chi connectivity index (χ3n) is 4.67. The summed E-state index contributed by atoms with van der Waals surface area (Å²) in [6, 6.07) is 16.8. The van der Waals surface area contributed by atoms with Crippen LogP contribution in [0.25, 0.3) is 0 Å². The number of rotatable bonds is 5. The Balaban J connectivity index is 0.00000261. The Morgan fingerprint density at radius 2 is 1.67 bits per heavy atom. The lowest BCUT2D eigenvalue weighted by molar-refractivity contribution is -0.132. The predicted molar refractivity (Wildman–Crippen MR) is 109 cm³/mol. The molecule has 6 heteroatoms. The molecule has 1 fully saturated rings. The second-order valence-electron chi connectivity index (χ2n) is 6.64. The molecule has 0 aromatic heterocycles. The van der Waals surface area contributed by atoms with Crippen molar-refractivity contribution in [1.29, 1.82) is 0 Å². The van der Waals surface area contributed by atoms with Crippen LogP contribution in [0.3, 0.4) is 0 Å². The first-order valence-electron chi connectivity index (χ1n) is 9.04. The van der Waals surface area contributed by atoms with Gasteiger partial charge in [-0.1, -0.05) is 48.0 Å². The van der Waals surface area contributed by atoms with Gasteiger partial charge in [0, 0.05) is 31.7 Å². The molecule has 0 aliphatic carbocycles. The van der Waals surface area contributed by atoms with Crippen LogP contribution in [0.15, 0.2) is 54.6 Å². The first kappa shape index (κ1) is 20.9. The van der Waals surface area contributed by atoms with Gasteiger partial charge in [-0.05, 0) is 24.6 Å². The van der Waals surface area contributed by atoms with Crippen LogP contribution >= 0.6 is 12.4 Å². The fourth-order valence-electron chi connectivity index (χ4n) is 3.10. The summed E-state index contributed by atoms with van der Waals surface area (Å²) < 4.78 is 0. The summed E-state index contributed by atoms with van der Waals surface area (Å²) in [5, 5.41) is 6.29. The zero-order chi connectivity index (χ0) is 18.4. The molecule has 1 unspecified atom stereocenters. The summed E-state index contributed by atoms with van der Waals surface area (Å²) in [6.45, 7) is 5.05.